The Balaban J connectivity index is 1.54. The molecule has 3 fully saturated rings. The predicted octanol–water partition coefficient (Wildman–Crippen LogP) is 6.53. The zero-order chi connectivity index (χ0) is 21.8. The van der Waals surface area contributed by atoms with Crippen LogP contribution in [0.15, 0.2) is 23.3 Å². The number of allylic oxidation sites excluding steroid dienone is 3. The zero-order valence-corrected chi connectivity index (χ0v) is 20.3. The number of hydrogen-bond donors (Lipinski definition) is 2. The van der Waals surface area contributed by atoms with E-state index in [-0.39, 0.29) is 17.6 Å². The molecule has 2 N–H and O–H groups in total. The van der Waals surface area contributed by atoms with Gasteiger partial charge in [0.2, 0.25) is 0 Å². The highest BCUT2D eigenvalue weighted by Gasteiger charge is 2.57. The zero-order valence-electron chi connectivity index (χ0n) is 20.3. The molecular weight excluding hydrogens is 368 g/mol. The Morgan fingerprint density at radius 3 is 2.40 bits per heavy atom. The highest BCUT2D eigenvalue weighted by atomic mass is 16.3. The molecule has 4 aliphatic carbocycles. The van der Waals surface area contributed by atoms with Gasteiger partial charge in [0.1, 0.15) is 0 Å². The predicted molar refractivity (Wildman–Crippen MR) is 125 cm³/mol. The largest absolute Gasteiger partial charge is 0.393 e. The third-order valence-electron chi connectivity index (χ3n) is 10.6. The molecule has 0 aliphatic heterocycles. The van der Waals surface area contributed by atoms with Crippen LogP contribution >= 0.6 is 0 Å². The Hall–Kier alpha value is -0.600. The molecule has 0 bridgehead atoms. The first-order chi connectivity index (χ1) is 14.1. The Kier molecular flexibility index (Phi) is 6.08. The first-order valence-electron chi connectivity index (χ1n) is 12.8. The van der Waals surface area contributed by atoms with Crippen molar-refractivity contribution in [1.82, 2.24) is 0 Å². The van der Waals surface area contributed by atoms with E-state index in [1.165, 1.54) is 31.3 Å². The lowest BCUT2D eigenvalue weighted by molar-refractivity contribution is 0.0133. The van der Waals surface area contributed by atoms with Crippen LogP contribution in [0.4, 0.5) is 0 Å². The van der Waals surface area contributed by atoms with E-state index in [1.54, 1.807) is 5.57 Å². The van der Waals surface area contributed by atoms with Gasteiger partial charge in [-0.15, -0.1) is 0 Å². The van der Waals surface area contributed by atoms with Gasteiger partial charge in [-0.3, -0.25) is 0 Å². The highest BCUT2D eigenvalue weighted by Crippen LogP contribution is 2.66. The summed E-state index contributed by atoms with van der Waals surface area (Å²) < 4.78 is 0. The summed E-state index contributed by atoms with van der Waals surface area (Å²) >= 11 is 0. The molecule has 170 valence electrons. The molecule has 4 aliphatic rings. The van der Waals surface area contributed by atoms with Crippen molar-refractivity contribution in [2.75, 3.05) is 0 Å². The summed E-state index contributed by atoms with van der Waals surface area (Å²) in [5.41, 5.74) is 3.90. The van der Waals surface area contributed by atoms with Crippen molar-refractivity contribution < 1.29 is 10.2 Å². The molecule has 30 heavy (non-hydrogen) atoms. The van der Waals surface area contributed by atoms with Crippen LogP contribution in [0.2, 0.25) is 0 Å². The second kappa shape index (κ2) is 8.07. The van der Waals surface area contributed by atoms with Crippen molar-refractivity contribution in [3.05, 3.63) is 23.3 Å². The van der Waals surface area contributed by atoms with Crippen LogP contribution in [0.1, 0.15) is 92.9 Å². The lowest BCUT2D eigenvalue weighted by atomic mass is 9.50. The van der Waals surface area contributed by atoms with Gasteiger partial charge < -0.3 is 10.2 Å². The van der Waals surface area contributed by atoms with Crippen LogP contribution in [0.3, 0.4) is 0 Å². The van der Waals surface area contributed by atoms with Gasteiger partial charge in [0, 0.05) is 0 Å². The SMILES string of the molecule is CC(C)[C@@H](C)[C@@H](O)C[C@@H](C)C1CCC2C3=CC=C4C[C@@H](O)CC[C@]4(C)C3CC[C@@]21C. The first-order valence-corrected chi connectivity index (χ1v) is 12.8. The number of hydrogen-bond acceptors (Lipinski definition) is 2. The lowest BCUT2D eigenvalue weighted by Gasteiger charge is -2.55. The number of aliphatic hydroxyl groups excluding tert-OH is 2. The van der Waals surface area contributed by atoms with Crippen molar-refractivity contribution in [3.63, 3.8) is 0 Å². The van der Waals surface area contributed by atoms with Crippen molar-refractivity contribution >= 4 is 0 Å². The van der Waals surface area contributed by atoms with Crippen LogP contribution in [-0.2, 0) is 0 Å². The Bertz CT molecular complexity index is 705. The fraction of sp³-hybridized carbons (Fsp3) is 0.857. The molecule has 2 heteroatoms. The fourth-order valence-corrected chi connectivity index (χ4v) is 8.16. The van der Waals surface area contributed by atoms with E-state index < -0.39 is 0 Å². The maximum atomic E-state index is 10.8. The molecule has 0 amide bonds. The Labute approximate surface area is 185 Å². The summed E-state index contributed by atoms with van der Waals surface area (Å²) in [5.74, 6) is 3.62. The van der Waals surface area contributed by atoms with E-state index in [0.717, 1.165) is 31.6 Å². The van der Waals surface area contributed by atoms with Crippen molar-refractivity contribution in [2.24, 2.45) is 46.3 Å². The average molecular weight is 415 g/mol. The third-order valence-corrected chi connectivity index (χ3v) is 10.6. The summed E-state index contributed by atoms with van der Waals surface area (Å²) in [6, 6.07) is 0. The maximum Gasteiger partial charge on any atom is 0.0578 e. The van der Waals surface area contributed by atoms with Gasteiger partial charge in [0.25, 0.3) is 0 Å². The average Bonchev–Trinajstić information content (AvgIpc) is 3.05. The maximum absolute atomic E-state index is 10.8. The molecule has 2 nitrogen and oxygen atoms in total. The van der Waals surface area contributed by atoms with Crippen molar-refractivity contribution in [2.45, 2.75) is 105 Å². The molecule has 0 aromatic rings. The summed E-state index contributed by atoms with van der Waals surface area (Å²) in [7, 11) is 0. The highest BCUT2D eigenvalue weighted by molar-refractivity contribution is 5.38. The van der Waals surface area contributed by atoms with E-state index >= 15 is 0 Å². The quantitative estimate of drug-likeness (QED) is 0.537. The van der Waals surface area contributed by atoms with E-state index in [9.17, 15) is 10.2 Å². The molecule has 0 spiro atoms. The van der Waals surface area contributed by atoms with E-state index in [0.29, 0.717) is 35.0 Å². The Morgan fingerprint density at radius 1 is 0.967 bits per heavy atom. The number of aliphatic hydroxyl groups is 2. The fourth-order valence-electron chi connectivity index (χ4n) is 8.16. The molecule has 0 aromatic carbocycles. The standard InChI is InChI=1S/C28H46O2/c1-17(2)19(4)26(30)15-18(3)23-9-10-24-22-8-7-20-16-21(29)11-13-27(20,5)25(22)12-14-28(23,24)6/h7-8,17-19,21,23-26,29-30H,9-16H2,1-6H3/t18-,19-,21+,23?,24?,25?,26+,27+,28-/m1/s1. The van der Waals surface area contributed by atoms with E-state index in [1.807, 2.05) is 0 Å². The van der Waals surface area contributed by atoms with Gasteiger partial charge in [-0.1, -0.05) is 64.8 Å². The van der Waals surface area contributed by atoms with E-state index in [2.05, 4.69) is 53.7 Å². The van der Waals surface area contributed by atoms with Gasteiger partial charge in [-0.05, 0) is 97.7 Å². The summed E-state index contributed by atoms with van der Waals surface area (Å²) in [4.78, 5) is 0. The number of rotatable bonds is 5. The van der Waals surface area contributed by atoms with Gasteiger partial charge in [-0.2, -0.15) is 0 Å². The minimum absolute atomic E-state index is 0.135. The summed E-state index contributed by atoms with van der Waals surface area (Å²) in [6.45, 7) is 14.2. The summed E-state index contributed by atoms with van der Waals surface area (Å²) in [6.07, 6.45) is 13.8. The van der Waals surface area contributed by atoms with Gasteiger partial charge in [-0.25, -0.2) is 0 Å². The second-order valence-corrected chi connectivity index (χ2v) is 12.4. The summed E-state index contributed by atoms with van der Waals surface area (Å²) in [5, 5.41) is 21.0. The van der Waals surface area contributed by atoms with Gasteiger partial charge in [0.15, 0.2) is 0 Å². The minimum Gasteiger partial charge on any atom is -0.393 e. The normalized spacial score (nSPS) is 43.8. The topological polar surface area (TPSA) is 40.5 Å². The van der Waals surface area contributed by atoms with Crippen LogP contribution in [0.5, 0.6) is 0 Å². The Morgan fingerprint density at radius 2 is 1.70 bits per heavy atom. The molecule has 0 radical (unpaired) electrons. The van der Waals surface area contributed by atoms with Crippen LogP contribution in [0.25, 0.3) is 0 Å². The van der Waals surface area contributed by atoms with E-state index in [4.69, 9.17) is 0 Å². The lowest BCUT2D eigenvalue weighted by Crippen LogP contribution is -2.46. The van der Waals surface area contributed by atoms with Crippen molar-refractivity contribution in [3.8, 4) is 0 Å². The third kappa shape index (κ3) is 3.54. The molecule has 3 unspecified atom stereocenters. The molecule has 9 atom stereocenters. The molecule has 0 saturated heterocycles. The molecule has 0 heterocycles. The molecular formula is C28H46O2. The monoisotopic (exact) mass is 414 g/mol. The first kappa shape index (κ1) is 22.6. The van der Waals surface area contributed by atoms with Crippen LogP contribution < -0.4 is 0 Å². The van der Waals surface area contributed by atoms with Crippen LogP contribution in [0, 0.1) is 46.3 Å². The molecule has 4 rings (SSSR count). The van der Waals surface area contributed by atoms with Gasteiger partial charge >= 0.3 is 0 Å². The second-order valence-electron chi connectivity index (χ2n) is 12.4. The van der Waals surface area contributed by atoms with Crippen molar-refractivity contribution in [1.29, 1.82) is 0 Å². The minimum atomic E-state index is -0.175. The van der Waals surface area contributed by atoms with Gasteiger partial charge in [0.05, 0.1) is 12.2 Å². The van der Waals surface area contributed by atoms with Crippen LogP contribution in [-0.4, -0.2) is 22.4 Å². The smallest absolute Gasteiger partial charge is 0.0578 e. The number of fused-ring (bicyclic) bond motifs is 5. The molecule has 0 aromatic heterocycles. The molecule has 3 saturated carbocycles.